The first kappa shape index (κ1) is 19.0. The number of aliphatic hydroxyl groups is 1. The molecule has 1 aromatic rings. The number of rotatable bonds is 5. The van der Waals surface area contributed by atoms with E-state index in [2.05, 4.69) is 6.58 Å². The summed E-state index contributed by atoms with van der Waals surface area (Å²) in [5, 5.41) is 20.5. The standard InChI is InChI=1S/C18H26O5S/c1-9-10(2)15(20)17(22-6)16(21-5)14(9)12(4)24-18-11(3)23-8-7-13(18)19/h11,13,18-20H,4,7-8H2,1-3,5-6H3/t11-,13+,18-/m1/s1. The van der Waals surface area contributed by atoms with E-state index in [0.717, 1.165) is 21.6 Å². The molecule has 0 aromatic heterocycles. The van der Waals surface area contributed by atoms with Crippen LogP contribution in [0.15, 0.2) is 6.58 Å². The summed E-state index contributed by atoms with van der Waals surface area (Å²) in [5.74, 6) is 0.822. The highest BCUT2D eigenvalue weighted by molar-refractivity contribution is 8.08. The van der Waals surface area contributed by atoms with E-state index in [-0.39, 0.29) is 17.1 Å². The third-order valence-electron chi connectivity index (χ3n) is 4.54. The Morgan fingerprint density at radius 2 is 1.83 bits per heavy atom. The molecule has 1 heterocycles. The summed E-state index contributed by atoms with van der Waals surface area (Å²) in [6.07, 6.45) is 0.104. The van der Waals surface area contributed by atoms with Gasteiger partial charge in [0.2, 0.25) is 5.75 Å². The maximum Gasteiger partial charge on any atom is 0.204 e. The van der Waals surface area contributed by atoms with Crippen molar-refractivity contribution in [1.29, 1.82) is 0 Å². The van der Waals surface area contributed by atoms with E-state index >= 15 is 0 Å². The molecule has 5 nitrogen and oxygen atoms in total. The Labute approximate surface area is 147 Å². The molecule has 0 aliphatic carbocycles. The van der Waals surface area contributed by atoms with Crippen LogP contribution in [0, 0.1) is 13.8 Å². The lowest BCUT2D eigenvalue weighted by Gasteiger charge is -2.34. The first-order chi connectivity index (χ1) is 11.3. The number of phenols is 1. The molecule has 1 fully saturated rings. The molecule has 6 heteroatoms. The zero-order chi connectivity index (χ0) is 18.0. The molecule has 134 valence electrons. The summed E-state index contributed by atoms with van der Waals surface area (Å²) in [6.45, 7) is 10.5. The summed E-state index contributed by atoms with van der Waals surface area (Å²) in [7, 11) is 3.03. The minimum atomic E-state index is -0.443. The van der Waals surface area contributed by atoms with Gasteiger partial charge in [0.05, 0.1) is 31.7 Å². The number of ether oxygens (including phenoxy) is 3. The summed E-state index contributed by atoms with van der Waals surface area (Å²) in [5.41, 5.74) is 2.39. The third kappa shape index (κ3) is 3.36. The molecule has 3 atom stereocenters. The van der Waals surface area contributed by atoms with Gasteiger partial charge < -0.3 is 24.4 Å². The minimum Gasteiger partial charge on any atom is -0.504 e. The molecule has 1 saturated heterocycles. The minimum absolute atomic E-state index is 0.0677. The SMILES string of the molecule is C=C(S[C@H]1[C@@H](O)CCO[C@@H]1C)c1c(C)c(C)c(O)c(OC)c1OC. The van der Waals surface area contributed by atoms with Crippen LogP contribution < -0.4 is 9.47 Å². The molecule has 0 amide bonds. The average molecular weight is 354 g/mol. The monoisotopic (exact) mass is 354 g/mol. The van der Waals surface area contributed by atoms with Crippen LogP contribution >= 0.6 is 11.8 Å². The van der Waals surface area contributed by atoms with Gasteiger partial charge in [0, 0.05) is 17.1 Å². The molecule has 2 rings (SSSR count). The van der Waals surface area contributed by atoms with Crippen molar-refractivity contribution in [3.8, 4) is 17.2 Å². The Hall–Kier alpha value is -1.37. The first-order valence-corrected chi connectivity index (χ1v) is 8.81. The van der Waals surface area contributed by atoms with Gasteiger partial charge in [0.25, 0.3) is 0 Å². The van der Waals surface area contributed by atoms with E-state index in [1.807, 2.05) is 20.8 Å². The smallest absolute Gasteiger partial charge is 0.204 e. The number of methoxy groups -OCH3 is 2. The van der Waals surface area contributed by atoms with E-state index in [4.69, 9.17) is 14.2 Å². The van der Waals surface area contributed by atoms with E-state index in [1.54, 1.807) is 0 Å². The number of benzene rings is 1. The van der Waals surface area contributed by atoms with Crippen LogP contribution in [0.5, 0.6) is 17.2 Å². The van der Waals surface area contributed by atoms with Crippen molar-refractivity contribution in [2.45, 2.75) is 44.6 Å². The van der Waals surface area contributed by atoms with Gasteiger partial charge in [-0.15, -0.1) is 11.8 Å². The molecule has 2 N–H and O–H groups in total. The van der Waals surface area contributed by atoms with Crippen LogP contribution in [-0.4, -0.2) is 48.5 Å². The lowest BCUT2D eigenvalue weighted by molar-refractivity contribution is -0.0274. The summed E-state index contributed by atoms with van der Waals surface area (Å²) >= 11 is 1.48. The van der Waals surface area contributed by atoms with Crippen molar-refractivity contribution in [3.63, 3.8) is 0 Å². The third-order valence-corrected chi connectivity index (χ3v) is 6.00. The average Bonchev–Trinajstić information content (AvgIpc) is 2.55. The van der Waals surface area contributed by atoms with Crippen molar-refractivity contribution < 1.29 is 24.4 Å². The summed E-state index contributed by atoms with van der Waals surface area (Å²) in [6, 6.07) is 0. The quantitative estimate of drug-likeness (QED) is 0.846. The zero-order valence-corrected chi connectivity index (χ0v) is 15.7. The number of aliphatic hydroxyl groups excluding tert-OH is 1. The van der Waals surface area contributed by atoms with Gasteiger partial charge in [-0.3, -0.25) is 0 Å². The first-order valence-electron chi connectivity index (χ1n) is 7.93. The number of thioether (sulfide) groups is 1. The maximum absolute atomic E-state index is 10.3. The molecule has 0 spiro atoms. The van der Waals surface area contributed by atoms with Crippen LogP contribution in [0.2, 0.25) is 0 Å². The van der Waals surface area contributed by atoms with Gasteiger partial charge in [0.15, 0.2) is 11.5 Å². The van der Waals surface area contributed by atoms with Gasteiger partial charge in [0.1, 0.15) is 0 Å². The Balaban J connectivity index is 2.43. The molecule has 1 aliphatic heterocycles. The summed E-state index contributed by atoms with van der Waals surface area (Å²) < 4.78 is 16.5. The largest absolute Gasteiger partial charge is 0.504 e. The Morgan fingerprint density at radius 1 is 1.21 bits per heavy atom. The topological polar surface area (TPSA) is 68.2 Å². The number of aromatic hydroxyl groups is 1. The Kier molecular flexibility index (Phi) is 6.06. The van der Waals surface area contributed by atoms with Gasteiger partial charge in [-0.1, -0.05) is 6.58 Å². The maximum atomic E-state index is 10.3. The highest BCUT2D eigenvalue weighted by Crippen LogP contribution is 2.49. The molecule has 0 radical (unpaired) electrons. The van der Waals surface area contributed by atoms with Gasteiger partial charge >= 0.3 is 0 Å². The highest BCUT2D eigenvalue weighted by Gasteiger charge is 2.33. The fraction of sp³-hybridized carbons (Fsp3) is 0.556. The van der Waals surface area contributed by atoms with Crippen LogP contribution in [0.1, 0.15) is 30.0 Å². The van der Waals surface area contributed by atoms with Crippen molar-refractivity contribution in [2.75, 3.05) is 20.8 Å². The van der Waals surface area contributed by atoms with E-state index in [9.17, 15) is 10.2 Å². The Morgan fingerprint density at radius 3 is 2.38 bits per heavy atom. The lowest BCUT2D eigenvalue weighted by Crippen LogP contribution is -2.40. The van der Waals surface area contributed by atoms with Crippen LogP contribution in [0.4, 0.5) is 0 Å². The molecule has 0 unspecified atom stereocenters. The lowest BCUT2D eigenvalue weighted by atomic mass is 10.00. The van der Waals surface area contributed by atoms with Crippen LogP contribution in [0.25, 0.3) is 4.91 Å². The molecule has 1 aromatic carbocycles. The van der Waals surface area contributed by atoms with Crippen LogP contribution in [0.3, 0.4) is 0 Å². The van der Waals surface area contributed by atoms with Gasteiger partial charge in [-0.05, 0) is 38.3 Å². The second-order valence-electron chi connectivity index (χ2n) is 5.98. The second kappa shape index (κ2) is 7.68. The van der Waals surface area contributed by atoms with Gasteiger partial charge in [-0.25, -0.2) is 0 Å². The predicted octanol–water partition coefficient (Wildman–Crippen LogP) is 3.27. The summed E-state index contributed by atoms with van der Waals surface area (Å²) in [4.78, 5) is 0.757. The fourth-order valence-electron chi connectivity index (χ4n) is 2.99. The normalized spacial score (nSPS) is 23.8. The Bertz CT molecular complexity index is 619. The molecule has 1 aliphatic rings. The van der Waals surface area contributed by atoms with E-state index in [0.29, 0.717) is 24.5 Å². The molecule has 0 bridgehead atoms. The predicted molar refractivity (Wildman–Crippen MR) is 97.1 cm³/mol. The number of hydrogen-bond donors (Lipinski definition) is 2. The fourth-order valence-corrected chi connectivity index (χ4v) is 4.25. The molecular weight excluding hydrogens is 328 g/mol. The van der Waals surface area contributed by atoms with Crippen molar-refractivity contribution in [3.05, 3.63) is 23.3 Å². The van der Waals surface area contributed by atoms with E-state index in [1.165, 1.54) is 26.0 Å². The number of hydrogen-bond acceptors (Lipinski definition) is 6. The number of phenolic OH excluding ortho intramolecular Hbond substituents is 1. The van der Waals surface area contributed by atoms with Gasteiger partial charge in [-0.2, -0.15) is 0 Å². The molecule has 0 saturated carbocycles. The van der Waals surface area contributed by atoms with Crippen LogP contribution in [-0.2, 0) is 4.74 Å². The van der Waals surface area contributed by atoms with E-state index < -0.39 is 6.10 Å². The molecule has 24 heavy (non-hydrogen) atoms. The van der Waals surface area contributed by atoms with Crippen molar-refractivity contribution in [1.82, 2.24) is 0 Å². The van der Waals surface area contributed by atoms with Crippen molar-refractivity contribution >= 4 is 16.7 Å². The second-order valence-corrected chi connectivity index (χ2v) is 7.25. The van der Waals surface area contributed by atoms with Crippen molar-refractivity contribution in [2.24, 2.45) is 0 Å². The zero-order valence-electron chi connectivity index (χ0n) is 14.9. The highest BCUT2D eigenvalue weighted by atomic mass is 32.2. The molecular formula is C18H26O5S.